The number of halogens is 1. The van der Waals surface area contributed by atoms with E-state index in [1.165, 1.54) is 12.1 Å². The van der Waals surface area contributed by atoms with Crippen molar-refractivity contribution in [3.05, 3.63) is 64.8 Å². The Balaban J connectivity index is 2.13. The standard InChI is InChI=1S/C18H15ClN4O2S/c1-26(24,25)16-6-3-12(4-7-16)18-8-14(11-21)22-23(18)15-5-2-13(10-20)17(19)9-15/h2-9H,10,20H2,1H3. The van der Waals surface area contributed by atoms with E-state index in [1.807, 2.05) is 18.2 Å². The quantitative estimate of drug-likeness (QED) is 0.742. The van der Waals surface area contributed by atoms with Crippen molar-refractivity contribution in [3.8, 4) is 23.0 Å². The van der Waals surface area contributed by atoms with Gasteiger partial charge in [0.15, 0.2) is 15.5 Å². The highest BCUT2D eigenvalue weighted by atomic mass is 35.5. The molecule has 1 aromatic heterocycles. The lowest BCUT2D eigenvalue weighted by atomic mass is 10.1. The van der Waals surface area contributed by atoms with Gasteiger partial charge < -0.3 is 5.73 Å². The number of nitrogens with zero attached hydrogens (tertiary/aromatic N) is 3. The highest BCUT2D eigenvalue weighted by molar-refractivity contribution is 7.90. The minimum absolute atomic E-state index is 0.225. The maximum Gasteiger partial charge on any atom is 0.175 e. The lowest BCUT2D eigenvalue weighted by Gasteiger charge is -2.10. The molecule has 0 aliphatic carbocycles. The van der Waals surface area contributed by atoms with Gasteiger partial charge in [-0.05, 0) is 29.8 Å². The van der Waals surface area contributed by atoms with Crippen molar-refractivity contribution in [1.29, 1.82) is 5.26 Å². The molecule has 0 saturated heterocycles. The zero-order chi connectivity index (χ0) is 18.9. The van der Waals surface area contributed by atoms with Gasteiger partial charge >= 0.3 is 0 Å². The Bertz CT molecular complexity index is 1110. The Morgan fingerprint density at radius 1 is 1.19 bits per heavy atom. The van der Waals surface area contributed by atoms with E-state index in [4.69, 9.17) is 17.3 Å². The average molecular weight is 387 g/mol. The number of aromatic nitrogens is 2. The first-order valence-corrected chi connectivity index (χ1v) is 9.90. The molecular formula is C18H15ClN4O2S. The van der Waals surface area contributed by atoms with E-state index in [0.717, 1.165) is 17.4 Å². The first-order valence-electron chi connectivity index (χ1n) is 7.63. The summed E-state index contributed by atoms with van der Waals surface area (Å²) in [4.78, 5) is 0.225. The molecule has 0 saturated carbocycles. The van der Waals surface area contributed by atoms with Gasteiger partial charge in [-0.3, -0.25) is 0 Å². The van der Waals surface area contributed by atoms with Crippen LogP contribution >= 0.6 is 11.6 Å². The van der Waals surface area contributed by atoms with Crippen LogP contribution in [0.3, 0.4) is 0 Å². The smallest absolute Gasteiger partial charge is 0.175 e. The molecule has 1 heterocycles. The van der Waals surface area contributed by atoms with Crippen LogP contribution in [-0.4, -0.2) is 24.5 Å². The fourth-order valence-corrected chi connectivity index (χ4v) is 3.43. The monoisotopic (exact) mass is 386 g/mol. The maximum absolute atomic E-state index is 11.6. The molecule has 2 N–H and O–H groups in total. The van der Waals surface area contributed by atoms with E-state index in [9.17, 15) is 13.7 Å². The zero-order valence-electron chi connectivity index (χ0n) is 13.8. The first kappa shape index (κ1) is 18.1. The Morgan fingerprint density at radius 3 is 2.42 bits per heavy atom. The van der Waals surface area contributed by atoms with Gasteiger partial charge in [-0.15, -0.1) is 0 Å². The first-order chi connectivity index (χ1) is 12.3. The van der Waals surface area contributed by atoms with E-state index in [-0.39, 0.29) is 10.6 Å². The minimum Gasteiger partial charge on any atom is -0.326 e. The summed E-state index contributed by atoms with van der Waals surface area (Å²) in [5, 5.41) is 14.0. The fraction of sp³-hybridized carbons (Fsp3) is 0.111. The van der Waals surface area contributed by atoms with Gasteiger partial charge in [0.25, 0.3) is 0 Å². The summed E-state index contributed by atoms with van der Waals surface area (Å²) in [7, 11) is -3.28. The van der Waals surface area contributed by atoms with Crippen molar-refractivity contribution in [1.82, 2.24) is 9.78 Å². The summed E-state index contributed by atoms with van der Waals surface area (Å²) >= 11 is 6.24. The molecule has 0 spiro atoms. The maximum atomic E-state index is 11.6. The lowest BCUT2D eigenvalue weighted by Crippen LogP contribution is -2.02. The van der Waals surface area contributed by atoms with Crippen molar-refractivity contribution >= 4 is 21.4 Å². The molecule has 26 heavy (non-hydrogen) atoms. The highest BCUT2D eigenvalue weighted by Crippen LogP contribution is 2.27. The second-order valence-corrected chi connectivity index (χ2v) is 8.14. The second kappa shape index (κ2) is 6.92. The highest BCUT2D eigenvalue weighted by Gasteiger charge is 2.14. The largest absolute Gasteiger partial charge is 0.326 e. The Kier molecular flexibility index (Phi) is 4.83. The van der Waals surface area contributed by atoms with Crippen LogP contribution in [0.2, 0.25) is 5.02 Å². The number of sulfone groups is 1. The molecule has 0 atom stereocenters. The van der Waals surface area contributed by atoms with Crippen molar-refractivity contribution in [2.24, 2.45) is 5.73 Å². The third-order valence-electron chi connectivity index (χ3n) is 3.90. The van der Waals surface area contributed by atoms with E-state index in [1.54, 1.807) is 28.9 Å². The van der Waals surface area contributed by atoms with Crippen LogP contribution in [-0.2, 0) is 16.4 Å². The van der Waals surface area contributed by atoms with Gasteiger partial charge in [0.2, 0.25) is 0 Å². The Labute approximate surface area is 156 Å². The van der Waals surface area contributed by atoms with E-state index in [2.05, 4.69) is 5.10 Å². The molecule has 132 valence electrons. The molecular weight excluding hydrogens is 372 g/mol. The molecule has 0 aliphatic heterocycles. The third-order valence-corrected chi connectivity index (χ3v) is 5.38. The van der Waals surface area contributed by atoms with Crippen molar-refractivity contribution in [2.45, 2.75) is 11.4 Å². The topological polar surface area (TPSA) is 102 Å². The van der Waals surface area contributed by atoms with Crippen LogP contribution in [0.25, 0.3) is 16.9 Å². The van der Waals surface area contributed by atoms with Crippen molar-refractivity contribution in [2.75, 3.05) is 6.26 Å². The molecule has 0 amide bonds. The number of benzene rings is 2. The number of rotatable bonds is 4. The van der Waals surface area contributed by atoms with Crippen molar-refractivity contribution in [3.63, 3.8) is 0 Å². The zero-order valence-corrected chi connectivity index (χ0v) is 15.4. The average Bonchev–Trinajstić information content (AvgIpc) is 3.05. The van der Waals surface area contributed by atoms with E-state index >= 15 is 0 Å². The third kappa shape index (κ3) is 3.48. The van der Waals surface area contributed by atoms with E-state index in [0.29, 0.717) is 22.9 Å². The summed E-state index contributed by atoms with van der Waals surface area (Å²) in [6.07, 6.45) is 1.15. The van der Waals surface area contributed by atoms with Gasteiger partial charge in [0.1, 0.15) is 6.07 Å². The van der Waals surface area contributed by atoms with Gasteiger partial charge in [-0.25, -0.2) is 13.1 Å². The second-order valence-electron chi connectivity index (χ2n) is 5.71. The predicted octanol–water partition coefficient (Wildman–Crippen LogP) is 2.93. The van der Waals surface area contributed by atoms with Crippen LogP contribution in [0.4, 0.5) is 0 Å². The summed E-state index contributed by atoms with van der Waals surface area (Å²) in [5.74, 6) is 0. The van der Waals surface area contributed by atoms with Gasteiger partial charge in [-0.1, -0.05) is 29.8 Å². The number of nitrogens with two attached hydrogens (primary N) is 1. The molecule has 0 radical (unpaired) electrons. The number of hydrogen-bond donors (Lipinski definition) is 1. The minimum atomic E-state index is -3.28. The van der Waals surface area contributed by atoms with Crippen LogP contribution in [0.5, 0.6) is 0 Å². The van der Waals surface area contributed by atoms with Crippen molar-refractivity contribution < 1.29 is 8.42 Å². The summed E-state index contributed by atoms with van der Waals surface area (Å²) < 4.78 is 24.9. The van der Waals surface area contributed by atoms with E-state index < -0.39 is 9.84 Å². The summed E-state index contributed by atoms with van der Waals surface area (Å²) in [6.45, 7) is 0.321. The van der Waals surface area contributed by atoms with Gasteiger partial charge in [-0.2, -0.15) is 10.4 Å². The molecule has 6 nitrogen and oxygen atoms in total. The van der Waals surface area contributed by atoms with Crippen LogP contribution < -0.4 is 5.73 Å². The van der Waals surface area contributed by atoms with Crippen LogP contribution in [0.1, 0.15) is 11.3 Å². The SMILES string of the molecule is CS(=O)(=O)c1ccc(-c2cc(C#N)nn2-c2ccc(CN)c(Cl)c2)cc1. The van der Waals surface area contributed by atoms with Gasteiger partial charge in [0.05, 0.1) is 16.3 Å². The number of nitriles is 1. The lowest BCUT2D eigenvalue weighted by molar-refractivity contribution is 0.602. The molecule has 0 fully saturated rings. The predicted molar refractivity (Wildman–Crippen MR) is 99.7 cm³/mol. The molecule has 0 aliphatic rings. The molecule has 3 aromatic rings. The Hall–Kier alpha value is -2.66. The summed E-state index contributed by atoms with van der Waals surface area (Å²) in [6, 6.07) is 15.4. The van der Waals surface area contributed by atoms with Crippen LogP contribution in [0, 0.1) is 11.3 Å². The molecule has 0 bridgehead atoms. The van der Waals surface area contributed by atoms with Crippen LogP contribution in [0.15, 0.2) is 53.4 Å². The molecule has 8 heteroatoms. The van der Waals surface area contributed by atoms with Gasteiger partial charge in [0, 0.05) is 29.5 Å². The fourth-order valence-electron chi connectivity index (χ4n) is 2.54. The molecule has 2 aromatic carbocycles. The number of hydrogen-bond acceptors (Lipinski definition) is 5. The molecule has 0 unspecified atom stereocenters. The Morgan fingerprint density at radius 2 is 1.88 bits per heavy atom. The molecule has 3 rings (SSSR count). The normalized spacial score (nSPS) is 11.3. The summed E-state index contributed by atoms with van der Waals surface area (Å²) in [5.41, 5.74) is 8.74.